The molecule has 180 valence electrons. The summed E-state index contributed by atoms with van der Waals surface area (Å²) in [5.74, 6) is 0.192. The zero-order chi connectivity index (χ0) is 25.4. The van der Waals surface area contributed by atoms with Gasteiger partial charge in [-0.3, -0.25) is 10.1 Å². The molecule has 0 aliphatic heterocycles. The topological polar surface area (TPSA) is 71.8 Å². The largest absolute Gasteiger partial charge is 0.332 e. The van der Waals surface area contributed by atoms with E-state index in [-0.39, 0.29) is 11.0 Å². The second kappa shape index (κ2) is 9.79. The molecule has 1 aromatic heterocycles. The molecular formula is C28H24BrN5OS. The molecule has 0 atom stereocenters. The van der Waals surface area contributed by atoms with Gasteiger partial charge in [0.15, 0.2) is 5.11 Å². The first-order chi connectivity index (χ1) is 17.3. The quantitative estimate of drug-likeness (QED) is 0.235. The van der Waals surface area contributed by atoms with Crippen molar-refractivity contribution in [1.29, 1.82) is 0 Å². The maximum Gasteiger partial charge on any atom is 0.258 e. The summed E-state index contributed by atoms with van der Waals surface area (Å²) in [5.41, 5.74) is 5.92. The van der Waals surface area contributed by atoms with Gasteiger partial charge in [-0.25, -0.2) is 0 Å². The summed E-state index contributed by atoms with van der Waals surface area (Å²) >= 11 is 9.01. The molecule has 0 radical (unpaired) electrons. The third-order valence-corrected chi connectivity index (χ3v) is 7.00. The molecule has 0 saturated carbocycles. The Morgan fingerprint density at radius 2 is 1.61 bits per heavy atom. The van der Waals surface area contributed by atoms with E-state index < -0.39 is 0 Å². The van der Waals surface area contributed by atoms with Crippen LogP contribution in [-0.4, -0.2) is 26.0 Å². The van der Waals surface area contributed by atoms with Gasteiger partial charge in [-0.2, -0.15) is 4.80 Å². The molecule has 0 bridgehead atoms. The minimum Gasteiger partial charge on any atom is -0.332 e. The number of rotatable bonds is 4. The van der Waals surface area contributed by atoms with Crippen molar-refractivity contribution in [3.63, 3.8) is 0 Å². The number of benzene rings is 4. The van der Waals surface area contributed by atoms with Crippen molar-refractivity contribution in [3.05, 3.63) is 94.0 Å². The van der Waals surface area contributed by atoms with Gasteiger partial charge >= 0.3 is 0 Å². The Bertz CT molecular complexity index is 1630. The second-order valence-corrected chi connectivity index (χ2v) is 10.2. The lowest BCUT2D eigenvalue weighted by Crippen LogP contribution is -2.34. The molecule has 1 heterocycles. The van der Waals surface area contributed by atoms with E-state index in [1.807, 2.05) is 61.5 Å². The van der Waals surface area contributed by atoms with Gasteiger partial charge in [-0.15, -0.1) is 10.2 Å². The molecule has 5 rings (SSSR count). The van der Waals surface area contributed by atoms with Gasteiger partial charge in [0.2, 0.25) is 0 Å². The van der Waals surface area contributed by atoms with Crippen LogP contribution in [-0.2, 0) is 0 Å². The number of thiocarbonyl (C=S) groups is 1. The lowest BCUT2D eigenvalue weighted by molar-refractivity contribution is 0.0979. The molecule has 5 aromatic rings. The van der Waals surface area contributed by atoms with E-state index in [1.165, 1.54) is 5.56 Å². The molecule has 2 N–H and O–H groups in total. The molecule has 1 amide bonds. The molecule has 4 aromatic carbocycles. The summed E-state index contributed by atoms with van der Waals surface area (Å²) in [7, 11) is 0. The van der Waals surface area contributed by atoms with Crippen molar-refractivity contribution >= 4 is 66.7 Å². The van der Waals surface area contributed by atoms with E-state index in [0.717, 1.165) is 43.2 Å². The first-order valence-electron chi connectivity index (χ1n) is 11.6. The van der Waals surface area contributed by atoms with Crippen molar-refractivity contribution in [1.82, 2.24) is 20.3 Å². The standard InChI is InChI=1S/C28H24BrN5OS/c1-16(2)18-10-12-19(13-11-18)34-32-25-14-17(3)24(15-26(25)33-34)30-28(36)31-27(35)22-8-4-7-21-20(22)6-5-9-23(21)29/h4-16H,1-3H3,(H2,30,31,35,36). The lowest BCUT2D eigenvalue weighted by atomic mass is 10.0. The Morgan fingerprint density at radius 1 is 0.944 bits per heavy atom. The minimum atomic E-state index is -0.272. The zero-order valence-corrected chi connectivity index (χ0v) is 22.4. The highest BCUT2D eigenvalue weighted by atomic mass is 79.9. The number of anilines is 1. The Hall–Kier alpha value is -3.62. The van der Waals surface area contributed by atoms with Crippen molar-refractivity contribution in [3.8, 4) is 5.69 Å². The molecule has 0 aliphatic carbocycles. The first kappa shape index (κ1) is 24.1. The van der Waals surface area contributed by atoms with Crippen molar-refractivity contribution in [2.45, 2.75) is 26.7 Å². The van der Waals surface area contributed by atoms with Gasteiger partial charge in [-0.1, -0.05) is 66.2 Å². The highest BCUT2D eigenvalue weighted by Gasteiger charge is 2.14. The van der Waals surface area contributed by atoms with Gasteiger partial charge in [0.25, 0.3) is 5.91 Å². The molecule has 0 unspecified atom stereocenters. The molecule has 8 heteroatoms. The fourth-order valence-electron chi connectivity index (χ4n) is 4.10. The molecule has 0 aliphatic rings. The predicted octanol–water partition coefficient (Wildman–Crippen LogP) is 6.89. The van der Waals surface area contributed by atoms with E-state index in [9.17, 15) is 4.79 Å². The van der Waals surface area contributed by atoms with Crippen LogP contribution in [0.4, 0.5) is 5.69 Å². The summed E-state index contributed by atoms with van der Waals surface area (Å²) in [6.07, 6.45) is 0. The summed E-state index contributed by atoms with van der Waals surface area (Å²) in [6.45, 7) is 6.30. The SMILES string of the molecule is Cc1cc2nn(-c3ccc(C(C)C)cc3)nc2cc1NC(=S)NC(=O)c1cccc2c(Br)cccc12. The number of aryl methyl sites for hydroxylation is 1. The molecular weight excluding hydrogens is 534 g/mol. The van der Waals surface area contributed by atoms with Gasteiger partial charge < -0.3 is 5.32 Å². The number of nitrogens with zero attached hydrogens (tertiary/aromatic N) is 3. The number of fused-ring (bicyclic) bond motifs is 2. The van der Waals surface area contributed by atoms with Crippen LogP contribution in [0.25, 0.3) is 27.5 Å². The number of aromatic nitrogens is 3. The van der Waals surface area contributed by atoms with Gasteiger partial charge in [0, 0.05) is 15.7 Å². The first-order valence-corrected chi connectivity index (χ1v) is 12.8. The van der Waals surface area contributed by atoms with Crippen molar-refractivity contribution in [2.75, 3.05) is 5.32 Å². The van der Waals surface area contributed by atoms with Gasteiger partial charge in [-0.05, 0) is 83.4 Å². The summed E-state index contributed by atoms with van der Waals surface area (Å²) < 4.78 is 0.934. The van der Waals surface area contributed by atoms with Crippen LogP contribution < -0.4 is 10.6 Å². The lowest BCUT2D eigenvalue weighted by Gasteiger charge is -2.13. The summed E-state index contributed by atoms with van der Waals surface area (Å²) in [5, 5.41) is 17.3. The number of carbonyl (C=O) groups is 1. The van der Waals surface area contributed by atoms with E-state index in [2.05, 4.69) is 62.7 Å². The average molecular weight is 559 g/mol. The van der Waals surface area contributed by atoms with Crippen molar-refractivity contribution in [2.24, 2.45) is 0 Å². The Balaban J connectivity index is 1.36. The highest BCUT2D eigenvalue weighted by molar-refractivity contribution is 9.10. The van der Waals surface area contributed by atoms with Crippen molar-refractivity contribution < 1.29 is 4.79 Å². The number of amides is 1. The minimum absolute atomic E-state index is 0.214. The highest BCUT2D eigenvalue weighted by Crippen LogP contribution is 2.27. The predicted molar refractivity (Wildman–Crippen MR) is 153 cm³/mol. The number of hydrogen-bond donors (Lipinski definition) is 2. The van der Waals surface area contributed by atoms with Crippen LogP contribution in [0, 0.1) is 6.92 Å². The average Bonchev–Trinajstić information content (AvgIpc) is 3.27. The van der Waals surface area contributed by atoms with Gasteiger partial charge in [0.1, 0.15) is 11.0 Å². The maximum absolute atomic E-state index is 13.0. The van der Waals surface area contributed by atoms with Crippen LogP contribution in [0.5, 0.6) is 0 Å². The van der Waals surface area contributed by atoms with Crippen LogP contribution >= 0.6 is 28.1 Å². The molecule has 0 saturated heterocycles. The van der Waals surface area contributed by atoms with Crippen LogP contribution in [0.2, 0.25) is 0 Å². The Morgan fingerprint density at radius 3 is 2.33 bits per heavy atom. The number of carbonyl (C=O) groups excluding carboxylic acids is 1. The van der Waals surface area contributed by atoms with E-state index in [0.29, 0.717) is 11.5 Å². The van der Waals surface area contributed by atoms with Crippen LogP contribution in [0.15, 0.2) is 77.3 Å². The molecule has 0 spiro atoms. The molecule has 36 heavy (non-hydrogen) atoms. The van der Waals surface area contributed by atoms with Crippen LogP contribution in [0.3, 0.4) is 0 Å². The van der Waals surface area contributed by atoms with E-state index in [4.69, 9.17) is 12.2 Å². The fraction of sp³-hybridized carbons (Fsp3) is 0.143. The van der Waals surface area contributed by atoms with E-state index in [1.54, 1.807) is 10.9 Å². The normalized spacial score (nSPS) is 11.2. The summed E-state index contributed by atoms with van der Waals surface area (Å²) in [4.78, 5) is 14.7. The Kier molecular flexibility index (Phi) is 6.55. The Labute approximate surface area is 222 Å². The monoisotopic (exact) mass is 557 g/mol. The smallest absolute Gasteiger partial charge is 0.258 e. The maximum atomic E-state index is 13.0. The number of halogens is 1. The molecule has 6 nitrogen and oxygen atoms in total. The fourth-order valence-corrected chi connectivity index (χ4v) is 4.81. The van der Waals surface area contributed by atoms with Crippen LogP contribution in [0.1, 0.15) is 41.3 Å². The molecule has 0 fully saturated rings. The second-order valence-electron chi connectivity index (χ2n) is 8.94. The van der Waals surface area contributed by atoms with Gasteiger partial charge in [0.05, 0.1) is 5.69 Å². The van der Waals surface area contributed by atoms with E-state index >= 15 is 0 Å². The third-order valence-electron chi connectivity index (χ3n) is 6.11. The number of nitrogens with one attached hydrogen (secondary N) is 2. The number of hydrogen-bond acceptors (Lipinski definition) is 4. The summed E-state index contributed by atoms with van der Waals surface area (Å²) in [6, 6.07) is 23.5. The zero-order valence-electron chi connectivity index (χ0n) is 20.0. The third kappa shape index (κ3) is 4.74.